The lowest BCUT2D eigenvalue weighted by atomic mass is 9.74. The zero-order chi connectivity index (χ0) is 16.3. The fourth-order valence-corrected chi connectivity index (χ4v) is 2.67. The quantitative estimate of drug-likeness (QED) is 0.802. The summed E-state index contributed by atoms with van der Waals surface area (Å²) in [5, 5.41) is 6.84. The molecule has 0 saturated carbocycles. The van der Waals surface area contributed by atoms with Crippen LogP contribution in [0.4, 0.5) is 17.2 Å². The van der Waals surface area contributed by atoms with Crippen molar-refractivity contribution in [3.8, 4) is 0 Å². The molecule has 2 heterocycles. The SMILES string of the molecule is [B]CC1(CNc2ccc(Nc3cccc(C)n3)cc2C)COC1. The van der Waals surface area contributed by atoms with Crippen LogP contribution in [0.15, 0.2) is 36.4 Å². The summed E-state index contributed by atoms with van der Waals surface area (Å²) < 4.78 is 5.31. The maximum absolute atomic E-state index is 5.86. The van der Waals surface area contributed by atoms with Crippen LogP contribution in [0.1, 0.15) is 11.3 Å². The lowest BCUT2D eigenvalue weighted by Crippen LogP contribution is -2.47. The van der Waals surface area contributed by atoms with Crippen LogP contribution in [-0.2, 0) is 4.74 Å². The van der Waals surface area contributed by atoms with Crippen molar-refractivity contribution in [2.24, 2.45) is 5.41 Å². The number of anilines is 3. The molecule has 0 bridgehead atoms. The molecule has 1 aromatic carbocycles. The van der Waals surface area contributed by atoms with E-state index in [2.05, 4.69) is 40.7 Å². The van der Waals surface area contributed by atoms with Gasteiger partial charge in [-0.25, -0.2) is 4.98 Å². The summed E-state index contributed by atoms with van der Waals surface area (Å²) in [6, 6.07) is 12.2. The van der Waals surface area contributed by atoms with Gasteiger partial charge in [0.15, 0.2) is 0 Å². The van der Waals surface area contributed by atoms with Crippen LogP contribution in [-0.4, -0.2) is 32.6 Å². The molecular weight excluding hydrogens is 285 g/mol. The van der Waals surface area contributed by atoms with Crippen LogP contribution in [0, 0.1) is 19.3 Å². The molecule has 5 heteroatoms. The topological polar surface area (TPSA) is 46.2 Å². The Bertz CT molecular complexity index is 680. The fourth-order valence-electron chi connectivity index (χ4n) is 2.67. The molecule has 1 saturated heterocycles. The van der Waals surface area contributed by atoms with Crippen molar-refractivity contribution in [1.29, 1.82) is 0 Å². The second-order valence-electron chi connectivity index (χ2n) is 6.37. The number of nitrogens with zero attached hydrogens (tertiary/aromatic N) is 1. The third-order valence-corrected chi connectivity index (χ3v) is 4.29. The minimum absolute atomic E-state index is 0.0921. The normalized spacial score (nSPS) is 15.7. The van der Waals surface area contributed by atoms with Gasteiger partial charge in [-0.2, -0.15) is 0 Å². The van der Waals surface area contributed by atoms with Crippen molar-refractivity contribution in [3.63, 3.8) is 0 Å². The number of nitrogens with one attached hydrogen (secondary N) is 2. The molecule has 2 N–H and O–H groups in total. The molecule has 0 amide bonds. The van der Waals surface area contributed by atoms with E-state index in [-0.39, 0.29) is 5.41 Å². The Labute approximate surface area is 139 Å². The zero-order valence-corrected chi connectivity index (χ0v) is 13.7. The highest BCUT2D eigenvalue weighted by Gasteiger charge is 2.36. The van der Waals surface area contributed by atoms with Crippen molar-refractivity contribution in [2.45, 2.75) is 20.2 Å². The first-order chi connectivity index (χ1) is 11.1. The van der Waals surface area contributed by atoms with Gasteiger partial charge in [0.2, 0.25) is 0 Å². The standard InChI is InChI=1S/C18H22BN3O/c1-13-8-15(22-17-5-3-4-14(2)21-17)6-7-16(13)20-10-18(9-19)11-23-12-18/h3-8,20H,9-12H2,1-2H3,(H,21,22). The lowest BCUT2D eigenvalue weighted by molar-refractivity contribution is -0.0918. The molecule has 23 heavy (non-hydrogen) atoms. The van der Waals surface area contributed by atoms with Gasteiger partial charge in [0.1, 0.15) is 5.82 Å². The van der Waals surface area contributed by atoms with Gasteiger partial charge in [-0.15, -0.1) is 0 Å². The molecule has 0 atom stereocenters. The molecule has 118 valence electrons. The van der Waals surface area contributed by atoms with E-state index in [1.807, 2.05) is 25.1 Å². The van der Waals surface area contributed by atoms with Crippen molar-refractivity contribution in [3.05, 3.63) is 47.7 Å². The molecule has 1 aliphatic rings. The highest BCUT2D eigenvalue weighted by atomic mass is 16.5. The molecule has 1 aromatic heterocycles. The number of aromatic nitrogens is 1. The van der Waals surface area contributed by atoms with E-state index in [1.54, 1.807) is 0 Å². The summed E-state index contributed by atoms with van der Waals surface area (Å²) in [4.78, 5) is 4.46. The molecule has 3 rings (SSSR count). The number of pyridine rings is 1. The van der Waals surface area contributed by atoms with Crippen LogP contribution < -0.4 is 10.6 Å². The van der Waals surface area contributed by atoms with Gasteiger partial charge in [0, 0.05) is 29.0 Å². The summed E-state index contributed by atoms with van der Waals surface area (Å²) in [6.07, 6.45) is 0.651. The first-order valence-electron chi connectivity index (χ1n) is 7.93. The summed E-state index contributed by atoms with van der Waals surface area (Å²) in [6.45, 7) is 6.42. The summed E-state index contributed by atoms with van der Waals surface area (Å²) in [5.41, 5.74) is 4.45. The van der Waals surface area contributed by atoms with E-state index in [4.69, 9.17) is 12.6 Å². The van der Waals surface area contributed by atoms with Crippen molar-refractivity contribution in [1.82, 2.24) is 4.98 Å². The third-order valence-electron chi connectivity index (χ3n) is 4.29. The first-order valence-corrected chi connectivity index (χ1v) is 7.93. The highest BCUT2D eigenvalue weighted by molar-refractivity contribution is 6.09. The molecule has 2 aromatic rings. The number of hydrogen-bond acceptors (Lipinski definition) is 4. The van der Waals surface area contributed by atoms with E-state index in [0.717, 1.165) is 42.6 Å². The first kappa shape index (κ1) is 15.9. The monoisotopic (exact) mass is 307 g/mol. The van der Waals surface area contributed by atoms with Gasteiger partial charge in [0.05, 0.1) is 21.1 Å². The smallest absolute Gasteiger partial charge is 0.130 e. The molecule has 1 fully saturated rings. The Morgan fingerprint density at radius 3 is 2.65 bits per heavy atom. The Morgan fingerprint density at radius 2 is 2.04 bits per heavy atom. The number of ether oxygens (including phenoxy) is 1. The minimum atomic E-state index is 0.0921. The van der Waals surface area contributed by atoms with Crippen molar-refractivity contribution >= 4 is 25.0 Å². The molecule has 2 radical (unpaired) electrons. The fraction of sp³-hybridized carbons (Fsp3) is 0.389. The van der Waals surface area contributed by atoms with E-state index < -0.39 is 0 Å². The molecule has 4 nitrogen and oxygen atoms in total. The average molecular weight is 307 g/mol. The molecule has 0 spiro atoms. The van der Waals surface area contributed by atoms with Crippen LogP contribution in [0.2, 0.25) is 6.32 Å². The van der Waals surface area contributed by atoms with Gasteiger partial charge in [0.25, 0.3) is 0 Å². The Morgan fingerprint density at radius 1 is 1.22 bits per heavy atom. The van der Waals surface area contributed by atoms with E-state index in [9.17, 15) is 0 Å². The molecular formula is C18H22BN3O. The molecule has 0 aliphatic carbocycles. The predicted molar refractivity (Wildman–Crippen MR) is 95.7 cm³/mol. The number of aryl methyl sites for hydroxylation is 2. The van der Waals surface area contributed by atoms with E-state index >= 15 is 0 Å². The second kappa shape index (κ2) is 6.63. The predicted octanol–water partition coefficient (Wildman–Crippen LogP) is 3.46. The van der Waals surface area contributed by atoms with Crippen molar-refractivity contribution in [2.75, 3.05) is 30.4 Å². The number of benzene rings is 1. The molecule has 0 unspecified atom stereocenters. The van der Waals surface area contributed by atoms with Gasteiger partial charge in [-0.05, 0) is 49.7 Å². The second-order valence-corrected chi connectivity index (χ2v) is 6.37. The molecule has 1 aliphatic heterocycles. The lowest BCUT2D eigenvalue weighted by Gasteiger charge is -2.41. The van der Waals surface area contributed by atoms with Crippen LogP contribution in [0.3, 0.4) is 0 Å². The Balaban J connectivity index is 1.66. The Hall–Kier alpha value is -2.01. The van der Waals surface area contributed by atoms with Crippen LogP contribution in [0.5, 0.6) is 0 Å². The number of rotatable bonds is 6. The summed E-state index contributed by atoms with van der Waals surface area (Å²) in [5.74, 6) is 0.860. The van der Waals surface area contributed by atoms with E-state index in [1.165, 1.54) is 5.56 Å². The van der Waals surface area contributed by atoms with Crippen LogP contribution in [0.25, 0.3) is 0 Å². The highest BCUT2D eigenvalue weighted by Crippen LogP contribution is 2.32. The third kappa shape index (κ3) is 3.67. The van der Waals surface area contributed by atoms with Gasteiger partial charge in [-0.3, -0.25) is 0 Å². The van der Waals surface area contributed by atoms with Gasteiger partial charge in [-0.1, -0.05) is 12.4 Å². The minimum Gasteiger partial charge on any atom is -0.384 e. The largest absolute Gasteiger partial charge is 0.384 e. The summed E-state index contributed by atoms with van der Waals surface area (Å²) in [7, 11) is 5.86. The maximum Gasteiger partial charge on any atom is 0.130 e. The number of hydrogen-bond donors (Lipinski definition) is 2. The average Bonchev–Trinajstić information content (AvgIpc) is 2.48. The van der Waals surface area contributed by atoms with Gasteiger partial charge >= 0.3 is 0 Å². The maximum atomic E-state index is 5.86. The Kier molecular flexibility index (Phi) is 4.57. The van der Waals surface area contributed by atoms with Gasteiger partial charge < -0.3 is 15.4 Å². The zero-order valence-electron chi connectivity index (χ0n) is 13.7. The summed E-state index contributed by atoms with van der Waals surface area (Å²) >= 11 is 0. The van der Waals surface area contributed by atoms with Crippen molar-refractivity contribution < 1.29 is 4.74 Å². The van der Waals surface area contributed by atoms with Crippen LogP contribution >= 0.6 is 0 Å². The van der Waals surface area contributed by atoms with E-state index in [0.29, 0.717) is 6.32 Å².